The quantitative estimate of drug-likeness (QED) is 0.907. The number of alkyl halides is 3. The number of carboxylic acid groups (broad SMARTS) is 1. The van der Waals surface area contributed by atoms with E-state index in [1.54, 1.807) is 0 Å². The van der Waals surface area contributed by atoms with E-state index in [-0.39, 0.29) is 21.8 Å². The maximum Gasteiger partial charge on any atom is 0.417 e. The first-order valence-corrected chi connectivity index (χ1v) is 5.74. The van der Waals surface area contributed by atoms with Gasteiger partial charge < -0.3 is 5.11 Å². The zero-order chi connectivity index (χ0) is 14.9. The van der Waals surface area contributed by atoms with Gasteiger partial charge in [-0.3, -0.25) is 4.98 Å². The van der Waals surface area contributed by atoms with Crippen LogP contribution in [0.4, 0.5) is 13.2 Å². The molecule has 2 rings (SSSR count). The molecule has 1 N–H and O–H groups in total. The van der Waals surface area contributed by atoms with Crippen molar-refractivity contribution in [1.82, 2.24) is 4.98 Å². The van der Waals surface area contributed by atoms with Gasteiger partial charge in [-0.2, -0.15) is 13.2 Å². The summed E-state index contributed by atoms with van der Waals surface area (Å²) in [6.07, 6.45) is -3.59. The number of carbonyl (C=O) groups is 1. The Bertz CT molecular complexity index is 671. The molecule has 0 radical (unpaired) electrons. The molecule has 0 saturated carbocycles. The zero-order valence-corrected chi connectivity index (χ0v) is 10.5. The minimum atomic E-state index is -4.53. The smallest absolute Gasteiger partial charge is 0.417 e. The normalized spacial score (nSPS) is 11.4. The molecule has 2 aromatic rings. The third kappa shape index (κ3) is 2.75. The molecule has 1 aromatic heterocycles. The topological polar surface area (TPSA) is 50.2 Å². The van der Waals surface area contributed by atoms with E-state index in [1.165, 1.54) is 18.2 Å². The number of halogens is 4. The predicted molar refractivity (Wildman–Crippen MR) is 66.6 cm³/mol. The van der Waals surface area contributed by atoms with E-state index >= 15 is 0 Å². The molecule has 1 heterocycles. The summed E-state index contributed by atoms with van der Waals surface area (Å²) in [5.41, 5.74) is -1.31. The van der Waals surface area contributed by atoms with Crippen LogP contribution >= 0.6 is 11.6 Å². The summed E-state index contributed by atoms with van der Waals surface area (Å²) in [7, 11) is 0. The van der Waals surface area contributed by atoms with E-state index in [0.717, 1.165) is 18.3 Å². The molecule has 20 heavy (non-hydrogen) atoms. The van der Waals surface area contributed by atoms with Crippen LogP contribution in [0.5, 0.6) is 0 Å². The van der Waals surface area contributed by atoms with Crippen LogP contribution in [0, 0.1) is 0 Å². The average Bonchev–Trinajstić information content (AvgIpc) is 2.37. The second-order valence-corrected chi connectivity index (χ2v) is 4.31. The van der Waals surface area contributed by atoms with Gasteiger partial charge in [0.15, 0.2) is 0 Å². The fourth-order valence-corrected chi connectivity index (χ4v) is 1.92. The Hall–Kier alpha value is -2.08. The number of hydrogen-bond donors (Lipinski definition) is 1. The van der Waals surface area contributed by atoms with Crippen molar-refractivity contribution in [2.24, 2.45) is 0 Å². The Balaban J connectivity index is 2.59. The van der Waals surface area contributed by atoms with E-state index in [4.69, 9.17) is 16.7 Å². The summed E-state index contributed by atoms with van der Waals surface area (Å²) >= 11 is 5.74. The van der Waals surface area contributed by atoms with Crippen LogP contribution in [0.15, 0.2) is 36.5 Å². The van der Waals surface area contributed by atoms with E-state index in [2.05, 4.69) is 4.98 Å². The largest absolute Gasteiger partial charge is 0.478 e. The van der Waals surface area contributed by atoms with E-state index in [1.807, 2.05) is 0 Å². The lowest BCUT2D eigenvalue weighted by molar-refractivity contribution is -0.137. The lowest BCUT2D eigenvalue weighted by atomic mass is 10.0. The molecule has 0 atom stereocenters. The summed E-state index contributed by atoms with van der Waals surface area (Å²) in [6.45, 7) is 0. The Morgan fingerprint density at radius 1 is 1.25 bits per heavy atom. The molecule has 0 unspecified atom stereocenters. The lowest BCUT2D eigenvalue weighted by Gasteiger charge is -2.12. The monoisotopic (exact) mass is 301 g/mol. The maximum absolute atomic E-state index is 12.9. The summed E-state index contributed by atoms with van der Waals surface area (Å²) < 4.78 is 38.7. The summed E-state index contributed by atoms with van der Waals surface area (Å²) in [5.74, 6) is -1.29. The number of aromatic nitrogens is 1. The van der Waals surface area contributed by atoms with Crippen molar-refractivity contribution in [1.29, 1.82) is 0 Å². The molecule has 0 aliphatic carbocycles. The molecule has 0 fully saturated rings. The first-order chi connectivity index (χ1) is 9.30. The highest BCUT2D eigenvalue weighted by Crippen LogP contribution is 2.36. The molecule has 0 spiro atoms. The van der Waals surface area contributed by atoms with E-state index < -0.39 is 17.7 Å². The molecule has 0 amide bonds. The molecular weight excluding hydrogens is 295 g/mol. The van der Waals surface area contributed by atoms with E-state index in [0.29, 0.717) is 0 Å². The van der Waals surface area contributed by atoms with Gasteiger partial charge in [0.05, 0.1) is 21.8 Å². The summed E-state index contributed by atoms with van der Waals surface area (Å²) in [5, 5.41) is 8.64. The highest BCUT2D eigenvalue weighted by atomic mass is 35.5. The maximum atomic E-state index is 12.9. The third-order valence-electron chi connectivity index (χ3n) is 2.59. The number of carboxylic acids is 1. The summed E-state index contributed by atoms with van der Waals surface area (Å²) in [6, 6.07) is 5.98. The number of pyridine rings is 1. The molecule has 0 saturated heterocycles. The average molecular weight is 302 g/mol. The van der Waals surface area contributed by atoms with Gasteiger partial charge in [-0.1, -0.05) is 29.8 Å². The van der Waals surface area contributed by atoms with Crippen LogP contribution in [0.1, 0.15) is 15.9 Å². The van der Waals surface area contributed by atoms with Gasteiger partial charge in [0, 0.05) is 11.8 Å². The minimum Gasteiger partial charge on any atom is -0.478 e. The lowest BCUT2D eigenvalue weighted by Crippen LogP contribution is -2.07. The molecule has 0 bridgehead atoms. The van der Waals surface area contributed by atoms with Gasteiger partial charge in [-0.25, -0.2) is 4.79 Å². The zero-order valence-electron chi connectivity index (χ0n) is 9.78. The van der Waals surface area contributed by atoms with Crippen molar-refractivity contribution >= 4 is 17.6 Å². The Morgan fingerprint density at radius 3 is 2.45 bits per heavy atom. The fraction of sp³-hybridized carbons (Fsp3) is 0.0769. The van der Waals surface area contributed by atoms with Gasteiger partial charge in [-0.05, 0) is 12.1 Å². The van der Waals surface area contributed by atoms with Crippen molar-refractivity contribution in [2.75, 3.05) is 0 Å². The molecule has 7 heteroatoms. The molecule has 0 aliphatic heterocycles. The highest BCUT2D eigenvalue weighted by Gasteiger charge is 2.33. The summed E-state index contributed by atoms with van der Waals surface area (Å²) in [4.78, 5) is 14.5. The van der Waals surface area contributed by atoms with Crippen molar-refractivity contribution in [3.8, 4) is 11.3 Å². The SMILES string of the molecule is O=C(O)c1cnc(-c2ccccc2C(F)(F)F)cc1Cl. The first-order valence-electron chi connectivity index (χ1n) is 5.36. The van der Waals surface area contributed by atoms with Crippen molar-refractivity contribution in [3.05, 3.63) is 52.7 Å². The molecule has 104 valence electrons. The van der Waals surface area contributed by atoms with Gasteiger partial charge in [0.2, 0.25) is 0 Å². The van der Waals surface area contributed by atoms with Gasteiger partial charge in [0.25, 0.3) is 0 Å². The van der Waals surface area contributed by atoms with Crippen LogP contribution in [-0.2, 0) is 6.18 Å². The van der Waals surface area contributed by atoms with Crippen LogP contribution < -0.4 is 0 Å². The van der Waals surface area contributed by atoms with Crippen molar-refractivity contribution in [2.45, 2.75) is 6.18 Å². The third-order valence-corrected chi connectivity index (χ3v) is 2.91. The number of aromatic carboxylic acids is 1. The van der Waals surface area contributed by atoms with Gasteiger partial charge in [-0.15, -0.1) is 0 Å². The second kappa shape index (κ2) is 5.13. The minimum absolute atomic E-state index is 0.0343. The molecule has 3 nitrogen and oxygen atoms in total. The molecule has 0 aliphatic rings. The number of nitrogens with zero attached hydrogens (tertiary/aromatic N) is 1. The molecule has 1 aromatic carbocycles. The first kappa shape index (κ1) is 14.3. The highest BCUT2D eigenvalue weighted by molar-refractivity contribution is 6.33. The van der Waals surface area contributed by atoms with Crippen LogP contribution in [0.25, 0.3) is 11.3 Å². The van der Waals surface area contributed by atoms with Crippen LogP contribution in [-0.4, -0.2) is 16.1 Å². The van der Waals surface area contributed by atoms with Crippen molar-refractivity contribution < 1.29 is 23.1 Å². The number of hydrogen-bond acceptors (Lipinski definition) is 2. The van der Waals surface area contributed by atoms with Crippen molar-refractivity contribution in [3.63, 3.8) is 0 Å². The van der Waals surface area contributed by atoms with Gasteiger partial charge >= 0.3 is 12.1 Å². The number of benzene rings is 1. The Kier molecular flexibility index (Phi) is 3.67. The Labute approximate surface area is 116 Å². The van der Waals surface area contributed by atoms with Crippen LogP contribution in [0.2, 0.25) is 5.02 Å². The van der Waals surface area contributed by atoms with E-state index in [9.17, 15) is 18.0 Å². The predicted octanol–water partition coefficient (Wildman–Crippen LogP) is 4.12. The fourth-order valence-electron chi connectivity index (χ4n) is 1.69. The second-order valence-electron chi connectivity index (χ2n) is 3.90. The number of rotatable bonds is 2. The van der Waals surface area contributed by atoms with Crippen LogP contribution in [0.3, 0.4) is 0 Å². The Morgan fingerprint density at radius 2 is 1.90 bits per heavy atom. The molecular formula is C13H7ClF3NO2. The standard InChI is InChI=1S/C13H7ClF3NO2/c14-10-5-11(18-6-8(10)12(19)20)7-3-1-2-4-9(7)13(15,16)17/h1-6H,(H,19,20). The van der Waals surface area contributed by atoms with Gasteiger partial charge in [0.1, 0.15) is 0 Å².